The van der Waals surface area contributed by atoms with Gasteiger partial charge >= 0.3 is 6.18 Å². The summed E-state index contributed by atoms with van der Waals surface area (Å²) in [5, 5.41) is 0. The molecule has 0 saturated carbocycles. The number of rotatable bonds is 2. The normalized spacial score (nSPS) is 20.4. The largest absolute Gasteiger partial charge is 0.389 e. The first-order valence-electron chi connectivity index (χ1n) is 4.90. The van der Waals surface area contributed by atoms with E-state index in [1.807, 2.05) is 13.1 Å². The molecule has 1 aliphatic heterocycles. The van der Waals surface area contributed by atoms with Gasteiger partial charge in [0.2, 0.25) is 0 Å². The second-order valence-electron chi connectivity index (χ2n) is 3.82. The third-order valence-corrected chi connectivity index (χ3v) is 2.49. The van der Waals surface area contributed by atoms with Crippen molar-refractivity contribution < 1.29 is 13.2 Å². The molecule has 14 heavy (non-hydrogen) atoms. The van der Waals surface area contributed by atoms with Gasteiger partial charge in [-0.1, -0.05) is 11.6 Å². The summed E-state index contributed by atoms with van der Waals surface area (Å²) < 4.78 is 35.9. The van der Waals surface area contributed by atoms with Crippen molar-refractivity contribution in [1.29, 1.82) is 0 Å². The zero-order valence-electron chi connectivity index (χ0n) is 8.40. The average Bonchev–Trinajstić information content (AvgIpc) is 2.25. The second-order valence-corrected chi connectivity index (χ2v) is 3.82. The molecular formula is C10H16F3N. The third-order valence-electron chi connectivity index (χ3n) is 2.49. The topological polar surface area (TPSA) is 3.24 Å². The molecule has 0 radical (unpaired) electrons. The Kier molecular flexibility index (Phi) is 3.98. The van der Waals surface area contributed by atoms with Crippen LogP contribution in [0, 0.1) is 0 Å². The monoisotopic (exact) mass is 207 g/mol. The number of hydrogen-bond donors (Lipinski definition) is 0. The maximum absolute atomic E-state index is 12.0. The maximum Gasteiger partial charge on any atom is 0.389 e. The summed E-state index contributed by atoms with van der Waals surface area (Å²) in [5.74, 6) is 0. The van der Waals surface area contributed by atoms with Gasteiger partial charge in [0.05, 0.1) is 0 Å². The zero-order valence-corrected chi connectivity index (χ0v) is 8.40. The van der Waals surface area contributed by atoms with E-state index in [-0.39, 0.29) is 6.42 Å². The minimum absolute atomic E-state index is 0.178. The SMILES string of the molecule is CN1CCC=C(CCC(F)(F)F)CC1. The van der Waals surface area contributed by atoms with Crippen LogP contribution in [0.5, 0.6) is 0 Å². The summed E-state index contributed by atoms with van der Waals surface area (Å²) >= 11 is 0. The summed E-state index contributed by atoms with van der Waals surface area (Å²) in [6, 6.07) is 0. The molecule has 0 fully saturated rings. The van der Waals surface area contributed by atoms with E-state index < -0.39 is 12.6 Å². The van der Waals surface area contributed by atoms with Gasteiger partial charge in [-0.05, 0) is 26.3 Å². The summed E-state index contributed by atoms with van der Waals surface area (Å²) in [6.45, 7) is 1.83. The molecule has 0 unspecified atom stereocenters. The van der Waals surface area contributed by atoms with Crippen molar-refractivity contribution in [3.63, 3.8) is 0 Å². The van der Waals surface area contributed by atoms with Crippen LogP contribution < -0.4 is 0 Å². The van der Waals surface area contributed by atoms with Crippen LogP contribution in [0.15, 0.2) is 11.6 Å². The van der Waals surface area contributed by atoms with E-state index in [2.05, 4.69) is 4.90 Å². The van der Waals surface area contributed by atoms with Crippen LogP contribution in [-0.4, -0.2) is 31.2 Å². The molecule has 0 saturated heterocycles. The predicted molar refractivity (Wildman–Crippen MR) is 50.1 cm³/mol. The van der Waals surface area contributed by atoms with Gasteiger partial charge < -0.3 is 4.90 Å². The molecule has 1 nitrogen and oxygen atoms in total. The Balaban J connectivity index is 2.34. The number of nitrogens with zero attached hydrogens (tertiary/aromatic N) is 1. The Morgan fingerprint density at radius 2 is 2.07 bits per heavy atom. The molecule has 0 aliphatic carbocycles. The fourth-order valence-corrected chi connectivity index (χ4v) is 1.57. The molecule has 0 bridgehead atoms. The van der Waals surface area contributed by atoms with Crippen molar-refractivity contribution in [3.05, 3.63) is 11.6 Å². The average molecular weight is 207 g/mol. The van der Waals surface area contributed by atoms with Crippen molar-refractivity contribution in [2.24, 2.45) is 0 Å². The Labute approximate surface area is 82.6 Å². The van der Waals surface area contributed by atoms with Gasteiger partial charge in [-0.3, -0.25) is 0 Å². The van der Waals surface area contributed by atoms with Crippen LogP contribution in [0.1, 0.15) is 25.7 Å². The minimum atomic E-state index is -4.01. The molecular weight excluding hydrogens is 191 g/mol. The Morgan fingerprint density at radius 3 is 2.71 bits per heavy atom. The molecule has 4 heteroatoms. The fourth-order valence-electron chi connectivity index (χ4n) is 1.57. The lowest BCUT2D eigenvalue weighted by Crippen LogP contribution is -2.19. The first-order chi connectivity index (χ1) is 6.47. The van der Waals surface area contributed by atoms with Crippen molar-refractivity contribution in [2.75, 3.05) is 20.1 Å². The second kappa shape index (κ2) is 4.82. The van der Waals surface area contributed by atoms with E-state index in [1.165, 1.54) is 0 Å². The van der Waals surface area contributed by atoms with Crippen LogP contribution in [-0.2, 0) is 0 Å². The van der Waals surface area contributed by atoms with Crippen molar-refractivity contribution in [3.8, 4) is 0 Å². The van der Waals surface area contributed by atoms with Crippen molar-refractivity contribution >= 4 is 0 Å². The van der Waals surface area contributed by atoms with E-state index in [1.54, 1.807) is 0 Å². The van der Waals surface area contributed by atoms with Crippen LogP contribution in [0.4, 0.5) is 13.2 Å². The Hall–Kier alpha value is -0.510. The molecule has 0 atom stereocenters. The molecule has 82 valence electrons. The van der Waals surface area contributed by atoms with Gasteiger partial charge in [0.25, 0.3) is 0 Å². The molecule has 0 spiro atoms. The van der Waals surface area contributed by atoms with Crippen LogP contribution in [0.3, 0.4) is 0 Å². The van der Waals surface area contributed by atoms with Gasteiger partial charge in [-0.25, -0.2) is 0 Å². The summed E-state index contributed by atoms with van der Waals surface area (Å²) in [4.78, 5) is 2.15. The van der Waals surface area contributed by atoms with Gasteiger partial charge in [0, 0.05) is 19.5 Å². The van der Waals surface area contributed by atoms with E-state index >= 15 is 0 Å². The highest BCUT2D eigenvalue weighted by molar-refractivity contribution is 5.04. The zero-order chi connectivity index (χ0) is 10.6. The van der Waals surface area contributed by atoms with Crippen LogP contribution in [0.2, 0.25) is 0 Å². The molecule has 1 rings (SSSR count). The highest BCUT2D eigenvalue weighted by atomic mass is 19.4. The van der Waals surface area contributed by atoms with E-state index in [0.717, 1.165) is 31.5 Å². The van der Waals surface area contributed by atoms with E-state index in [0.29, 0.717) is 0 Å². The Bertz CT molecular complexity index is 208. The van der Waals surface area contributed by atoms with Crippen LogP contribution in [0.25, 0.3) is 0 Å². The lowest BCUT2D eigenvalue weighted by molar-refractivity contribution is -0.134. The molecule has 0 aromatic rings. The first-order valence-corrected chi connectivity index (χ1v) is 4.90. The molecule has 0 aromatic carbocycles. The predicted octanol–water partition coefficient (Wildman–Crippen LogP) is 2.98. The molecule has 0 N–H and O–H groups in total. The molecule has 1 heterocycles. The lowest BCUT2D eigenvalue weighted by atomic mass is 10.1. The molecule has 0 amide bonds. The standard InChI is InChI=1S/C10H16F3N/c1-14-7-2-3-9(5-8-14)4-6-10(11,12)13/h3H,2,4-8H2,1H3. The molecule has 1 aliphatic rings. The van der Waals surface area contributed by atoms with Gasteiger partial charge in [0.15, 0.2) is 0 Å². The quantitative estimate of drug-likeness (QED) is 0.629. The number of hydrogen-bond acceptors (Lipinski definition) is 1. The third kappa shape index (κ3) is 4.65. The van der Waals surface area contributed by atoms with Gasteiger partial charge in [0.1, 0.15) is 0 Å². The minimum Gasteiger partial charge on any atom is -0.306 e. The smallest absolute Gasteiger partial charge is 0.306 e. The first kappa shape index (κ1) is 11.6. The summed E-state index contributed by atoms with van der Waals surface area (Å²) in [5.41, 5.74) is 0.965. The Morgan fingerprint density at radius 1 is 1.36 bits per heavy atom. The number of halogens is 3. The van der Waals surface area contributed by atoms with Gasteiger partial charge in [-0.15, -0.1) is 0 Å². The summed E-state index contributed by atoms with van der Waals surface area (Å²) in [7, 11) is 2.00. The highest BCUT2D eigenvalue weighted by Gasteiger charge is 2.26. The van der Waals surface area contributed by atoms with E-state index in [9.17, 15) is 13.2 Å². The highest BCUT2D eigenvalue weighted by Crippen LogP contribution is 2.25. The van der Waals surface area contributed by atoms with Crippen molar-refractivity contribution in [1.82, 2.24) is 4.90 Å². The lowest BCUT2D eigenvalue weighted by Gasteiger charge is -2.12. The fraction of sp³-hybridized carbons (Fsp3) is 0.800. The molecule has 0 aromatic heterocycles. The number of alkyl halides is 3. The maximum atomic E-state index is 12.0. The van der Waals surface area contributed by atoms with Crippen molar-refractivity contribution in [2.45, 2.75) is 31.9 Å². The van der Waals surface area contributed by atoms with E-state index in [4.69, 9.17) is 0 Å². The van der Waals surface area contributed by atoms with Gasteiger partial charge in [-0.2, -0.15) is 13.2 Å². The summed E-state index contributed by atoms with van der Waals surface area (Å²) in [6.07, 6.45) is -0.884. The van der Waals surface area contributed by atoms with Crippen LogP contribution >= 0.6 is 0 Å².